The third kappa shape index (κ3) is 3.13. The molecule has 8 heteroatoms. The van der Waals surface area contributed by atoms with Gasteiger partial charge in [0.2, 0.25) is 0 Å². The summed E-state index contributed by atoms with van der Waals surface area (Å²) in [6, 6.07) is 9.39. The molecule has 0 radical (unpaired) electrons. The topological polar surface area (TPSA) is 91.8 Å². The van der Waals surface area contributed by atoms with E-state index in [0.29, 0.717) is 4.90 Å². The van der Waals surface area contributed by atoms with Crippen molar-refractivity contribution < 1.29 is 8.42 Å². The van der Waals surface area contributed by atoms with E-state index in [1.165, 1.54) is 0 Å². The second-order valence-electron chi connectivity index (χ2n) is 7.67. The Kier molecular flexibility index (Phi) is 4.24. The minimum Gasteiger partial charge on any atom is -0.356 e. The van der Waals surface area contributed by atoms with E-state index in [9.17, 15) is 8.42 Å². The Bertz CT molecular complexity index is 1290. The summed E-state index contributed by atoms with van der Waals surface area (Å²) in [5, 5.41) is 2.57. The highest BCUT2D eigenvalue weighted by Gasteiger charge is 2.36. The molecule has 0 saturated heterocycles. The maximum absolute atomic E-state index is 13.1. The maximum Gasteiger partial charge on any atom is 0.179 e. The third-order valence-electron chi connectivity index (χ3n) is 5.86. The molecular formula is C21H21N5O2S. The number of fused-ring (bicyclic) bond motifs is 2. The van der Waals surface area contributed by atoms with Crippen molar-refractivity contribution in [2.24, 2.45) is 5.92 Å². The second kappa shape index (κ2) is 6.81. The summed E-state index contributed by atoms with van der Waals surface area (Å²) in [5.41, 5.74) is 0.811. The number of nitrogens with zero attached hydrogens (tertiary/aromatic N) is 4. The van der Waals surface area contributed by atoms with Crippen LogP contribution in [0.15, 0.2) is 60.1 Å². The van der Waals surface area contributed by atoms with Gasteiger partial charge in [0.15, 0.2) is 9.84 Å². The Hall–Kier alpha value is -3.00. The van der Waals surface area contributed by atoms with Gasteiger partial charge >= 0.3 is 0 Å². The average Bonchev–Trinajstić information content (AvgIpc) is 3.18. The van der Waals surface area contributed by atoms with Crippen molar-refractivity contribution in [2.45, 2.75) is 23.8 Å². The van der Waals surface area contributed by atoms with Gasteiger partial charge in [0.05, 0.1) is 16.0 Å². The normalized spacial score (nSPS) is 19.3. The van der Waals surface area contributed by atoms with Crippen LogP contribution in [0.3, 0.4) is 0 Å². The Labute approximate surface area is 168 Å². The Balaban J connectivity index is 1.32. The molecule has 1 aliphatic rings. The van der Waals surface area contributed by atoms with Crippen LogP contribution < -0.4 is 4.90 Å². The molecule has 148 valence electrons. The second-order valence-corrected chi connectivity index (χ2v) is 9.68. The van der Waals surface area contributed by atoms with Crippen molar-refractivity contribution in [1.29, 1.82) is 0 Å². The van der Waals surface area contributed by atoms with Crippen LogP contribution in [-0.2, 0) is 9.84 Å². The minimum absolute atomic E-state index is 0.146. The summed E-state index contributed by atoms with van der Waals surface area (Å²) in [7, 11) is -1.35. The van der Waals surface area contributed by atoms with Crippen LogP contribution in [0.25, 0.3) is 21.8 Å². The predicted octanol–water partition coefficient (Wildman–Crippen LogP) is 3.19. The SMILES string of the molecule is CN(c1ncnc2[nH]ccc12)C1CC(CS(=O)(=O)c2cccc3cnccc23)C1. The number of aromatic nitrogens is 4. The fraction of sp³-hybridized carbons (Fsp3) is 0.286. The van der Waals surface area contributed by atoms with E-state index in [2.05, 4.69) is 24.8 Å². The molecule has 4 aromatic rings. The van der Waals surface area contributed by atoms with Crippen molar-refractivity contribution in [2.75, 3.05) is 17.7 Å². The van der Waals surface area contributed by atoms with Gasteiger partial charge in [-0.3, -0.25) is 4.98 Å². The van der Waals surface area contributed by atoms with E-state index in [1.54, 1.807) is 36.9 Å². The molecule has 1 aliphatic carbocycles. The van der Waals surface area contributed by atoms with Crippen molar-refractivity contribution in [3.8, 4) is 0 Å². The highest BCUT2D eigenvalue weighted by Crippen LogP contribution is 2.37. The van der Waals surface area contributed by atoms with Gasteiger partial charge in [-0.15, -0.1) is 0 Å². The molecule has 7 nitrogen and oxygen atoms in total. The fourth-order valence-corrected chi connectivity index (χ4v) is 6.11. The third-order valence-corrected chi connectivity index (χ3v) is 7.79. The molecule has 0 unspecified atom stereocenters. The van der Waals surface area contributed by atoms with Crippen LogP contribution in [0, 0.1) is 5.92 Å². The molecule has 0 bridgehead atoms. The molecule has 0 aliphatic heterocycles. The first-order valence-corrected chi connectivity index (χ1v) is 11.2. The van der Waals surface area contributed by atoms with Crippen LogP contribution in [0.1, 0.15) is 12.8 Å². The van der Waals surface area contributed by atoms with E-state index in [4.69, 9.17) is 0 Å². The highest BCUT2D eigenvalue weighted by atomic mass is 32.2. The van der Waals surface area contributed by atoms with Gasteiger partial charge in [0.25, 0.3) is 0 Å². The summed E-state index contributed by atoms with van der Waals surface area (Å²) >= 11 is 0. The number of pyridine rings is 1. The molecule has 3 aromatic heterocycles. The first kappa shape index (κ1) is 18.1. The molecule has 0 amide bonds. The first-order valence-electron chi connectivity index (χ1n) is 9.59. The van der Waals surface area contributed by atoms with Gasteiger partial charge in [0, 0.05) is 42.5 Å². The van der Waals surface area contributed by atoms with Crippen LogP contribution in [0.2, 0.25) is 0 Å². The number of H-pyrrole nitrogens is 1. The number of sulfone groups is 1. The van der Waals surface area contributed by atoms with Gasteiger partial charge < -0.3 is 9.88 Å². The Morgan fingerprint density at radius 3 is 2.86 bits per heavy atom. The van der Waals surface area contributed by atoms with Gasteiger partial charge in [-0.25, -0.2) is 18.4 Å². The number of aromatic amines is 1. The largest absolute Gasteiger partial charge is 0.356 e. The Morgan fingerprint density at radius 1 is 1.14 bits per heavy atom. The summed E-state index contributed by atoms with van der Waals surface area (Å²) in [4.78, 5) is 18.4. The zero-order chi connectivity index (χ0) is 20.0. The molecule has 1 fully saturated rings. The monoisotopic (exact) mass is 407 g/mol. The van der Waals surface area contributed by atoms with E-state index >= 15 is 0 Å². The summed E-state index contributed by atoms with van der Waals surface area (Å²) in [6.45, 7) is 0. The summed E-state index contributed by atoms with van der Waals surface area (Å²) < 4.78 is 26.2. The van der Waals surface area contributed by atoms with Gasteiger partial charge in [-0.05, 0) is 37.0 Å². The van der Waals surface area contributed by atoms with Crippen LogP contribution in [0.4, 0.5) is 5.82 Å². The quantitative estimate of drug-likeness (QED) is 0.546. The Morgan fingerprint density at radius 2 is 2.00 bits per heavy atom. The highest BCUT2D eigenvalue weighted by molar-refractivity contribution is 7.91. The molecule has 0 spiro atoms. The molecule has 0 atom stereocenters. The smallest absolute Gasteiger partial charge is 0.179 e. The number of hydrogen-bond acceptors (Lipinski definition) is 6. The fourth-order valence-electron chi connectivity index (χ4n) is 4.23. The molecule has 1 aromatic carbocycles. The zero-order valence-electron chi connectivity index (χ0n) is 16.0. The number of hydrogen-bond donors (Lipinski definition) is 1. The van der Waals surface area contributed by atoms with Crippen LogP contribution in [0.5, 0.6) is 0 Å². The summed E-state index contributed by atoms with van der Waals surface area (Å²) in [5.74, 6) is 1.19. The van der Waals surface area contributed by atoms with E-state index < -0.39 is 9.84 Å². The maximum atomic E-state index is 13.1. The molecule has 5 rings (SSSR count). The lowest BCUT2D eigenvalue weighted by Crippen LogP contribution is -2.45. The number of benzene rings is 1. The van der Waals surface area contributed by atoms with E-state index in [-0.39, 0.29) is 17.7 Å². The van der Waals surface area contributed by atoms with Crippen molar-refractivity contribution in [3.63, 3.8) is 0 Å². The lowest BCUT2D eigenvalue weighted by molar-refractivity contribution is 0.282. The lowest BCUT2D eigenvalue weighted by Gasteiger charge is -2.41. The molecular weight excluding hydrogens is 386 g/mol. The molecule has 1 N–H and O–H groups in total. The van der Waals surface area contributed by atoms with E-state index in [1.807, 2.05) is 25.4 Å². The zero-order valence-corrected chi connectivity index (χ0v) is 16.8. The van der Waals surface area contributed by atoms with Crippen molar-refractivity contribution in [3.05, 3.63) is 55.2 Å². The first-order chi connectivity index (χ1) is 14.0. The molecule has 29 heavy (non-hydrogen) atoms. The van der Waals surface area contributed by atoms with Gasteiger partial charge in [0.1, 0.15) is 17.8 Å². The number of anilines is 1. The minimum atomic E-state index is -3.36. The van der Waals surface area contributed by atoms with E-state index in [0.717, 1.165) is 40.5 Å². The van der Waals surface area contributed by atoms with Crippen LogP contribution in [-0.4, -0.2) is 47.2 Å². The average molecular weight is 407 g/mol. The standard InChI is InChI=1S/C21H21N5O2S/c1-26(21-18-6-8-23-20(18)24-13-25-21)16-9-14(10-16)12-29(27,28)19-4-2-3-15-11-22-7-5-17(15)19/h2-8,11,13-14,16H,9-10,12H2,1H3,(H,23,24,25). The summed E-state index contributed by atoms with van der Waals surface area (Å²) in [6.07, 6.45) is 8.41. The number of rotatable bonds is 5. The van der Waals surface area contributed by atoms with Gasteiger partial charge in [-0.1, -0.05) is 12.1 Å². The van der Waals surface area contributed by atoms with Crippen molar-refractivity contribution in [1.82, 2.24) is 19.9 Å². The lowest BCUT2D eigenvalue weighted by atomic mass is 9.81. The predicted molar refractivity (Wildman–Crippen MR) is 113 cm³/mol. The molecule has 3 heterocycles. The van der Waals surface area contributed by atoms with Crippen LogP contribution >= 0.6 is 0 Å². The number of nitrogens with one attached hydrogen (secondary N) is 1. The molecule has 1 saturated carbocycles. The van der Waals surface area contributed by atoms with Gasteiger partial charge in [-0.2, -0.15) is 0 Å². The van der Waals surface area contributed by atoms with Crippen molar-refractivity contribution >= 4 is 37.5 Å².